The van der Waals surface area contributed by atoms with Crippen LogP contribution in [0.15, 0.2) is 4.99 Å². The molecule has 0 aromatic carbocycles. The van der Waals surface area contributed by atoms with Crippen LogP contribution in [0.4, 0.5) is 0 Å². The van der Waals surface area contributed by atoms with E-state index in [1.807, 2.05) is 5.48 Å². The van der Waals surface area contributed by atoms with E-state index in [0.717, 1.165) is 0 Å². The average molecular weight is 191 g/mol. The third-order valence-corrected chi connectivity index (χ3v) is 0.740. The van der Waals surface area contributed by atoms with Crippen LogP contribution >= 0.6 is 12.2 Å². The molecule has 0 atom stereocenters. The first-order chi connectivity index (χ1) is 5.52. The van der Waals surface area contributed by atoms with Crippen molar-refractivity contribution in [2.75, 3.05) is 6.54 Å². The molecule has 0 heterocycles. The molecule has 12 heavy (non-hydrogen) atoms. The average Bonchev–Trinajstić information content (AvgIpc) is 1.96. The Labute approximate surface area is 73.9 Å². The van der Waals surface area contributed by atoms with Crippen LogP contribution in [-0.2, 0) is 9.63 Å². The highest BCUT2D eigenvalue weighted by Crippen LogP contribution is 1.75. The van der Waals surface area contributed by atoms with Gasteiger partial charge in [0.15, 0.2) is 11.1 Å². The Morgan fingerprint density at radius 3 is 2.50 bits per heavy atom. The van der Waals surface area contributed by atoms with E-state index in [9.17, 15) is 4.79 Å². The minimum absolute atomic E-state index is 0.145. The zero-order valence-corrected chi connectivity index (χ0v) is 6.93. The number of nitrogens with one attached hydrogen (secondary N) is 1. The number of carbonyl (C=O) groups excluding carboxylic acids is 1. The number of nitrogens with two attached hydrogens (primary N) is 3. The first kappa shape index (κ1) is 10.4. The molecule has 8 heteroatoms. The number of nitrogens with zero attached hydrogens (tertiary/aromatic N) is 1. The molecule has 0 fully saturated rings. The molecule has 0 amide bonds. The first-order valence-corrected chi connectivity index (χ1v) is 3.23. The molecule has 0 aromatic heterocycles. The van der Waals surface area contributed by atoms with Gasteiger partial charge in [0.1, 0.15) is 6.54 Å². The van der Waals surface area contributed by atoms with Gasteiger partial charge in [0, 0.05) is 0 Å². The minimum atomic E-state index is -0.684. The summed E-state index contributed by atoms with van der Waals surface area (Å²) in [5, 5.41) is -0.145. The number of hydrogen-bond donors (Lipinski definition) is 4. The standard InChI is InChI=1S/C4H9N5O2S/c5-3(6)8-1-2(10)11-9-4(7)12/h1H2,(H4,5,6,8)(H3,7,9,12). The van der Waals surface area contributed by atoms with Crippen molar-refractivity contribution in [1.82, 2.24) is 5.48 Å². The van der Waals surface area contributed by atoms with Crippen molar-refractivity contribution in [1.29, 1.82) is 0 Å². The number of hydroxylamine groups is 1. The molecule has 7 N–H and O–H groups in total. The van der Waals surface area contributed by atoms with Gasteiger partial charge in [-0.1, -0.05) is 0 Å². The summed E-state index contributed by atoms with van der Waals surface area (Å²) in [7, 11) is 0. The smallest absolute Gasteiger partial charge is 0.353 e. The van der Waals surface area contributed by atoms with Gasteiger partial charge in [0.05, 0.1) is 0 Å². The fourth-order valence-electron chi connectivity index (χ4n) is 0.295. The van der Waals surface area contributed by atoms with Crippen LogP contribution in [0, 0.1) is 0 Å². The molecule has 0 aliphatic heterocycles. The second kappa shape index (κ2) is 5.13. The maximum atomic E-state index is 10.6. The summed E-state index contributed by atoms with van der Waals surface area (Å²) >= 11 is 4.35. The lowest BCUT2D eigenvalue weighted by Gasteiger charge is -2.01. The Hall–Kier alpha value is -1.57. The number of carbonyl (C=O) groups is 1. The van der Waals surface area contributed by atoms with Crippen molar-refractivity contribution in [2.24, 2.45) is 22.2 Å². The molecule has 0 bridgehead atoms. The Kier molecular flexibility index (Phi) is 4.46. The van der Waals surface area contributed by atoms with Gasteiger partial charge in [-0.05, 0) is 12.2 Å². The van der Waals surface area contributed by atoms with Crippen LogP contribution < -0.4 is 22.7 Å². The van der Waals surface area contributed by atoms with Crippen molar-refractivity contribution >= 4 is 29.3 Å². The fourth-order valence-corrected chi connectivity index (χ4v) is 0.337. The third kappa shape index (κ3) is 6.55. The third-order valence-electron chi connectivity index (χ3n) is 0.656. The van der Waals surface area contributed by atoms with E-state index < -0.39 is 5.97 Å². The molecule has 0 aromatic rings. The predicted octanol–water partition coefficient (Wildman–Crippen LogP) is -2.45. The number of guanidine groups is 1. The zero-order valence-electron chi connectivity index (χ0n) is 6.11. The second-order valence-corrected chi connectivity index (χ2v) is 2.12. The molecule has 0 spiro atoms. The van der Waals surface area contributed by atoms with Gasteiger partial charge in [-0.25, -0.2) is 9.79 Å². The first-order valence-electron chi connectivity index (χ1n) is 2.83. The highest BCUT2D eigenvalue weighted by atomic mass is 32.1. The SMILES string of the molecule is NC(=S)NOC(=O)CN=C(N)N. The fraction of sp³-hybridized carbons (Fsp3) is 0.250. The van der Waals surface area contributed by atoms with Crippen molar-refractivity contribution in [3.05, 3.63) is 0 Å². The highest BCUT2D eigenvalue weighted by Gasteiger charge is 2.00. The molecule has 68 valence electrons. The Morgan fingerprint density at radius 2 is 2.08 bits per heavy atom. The Bertz CT molecular complexity index is 211. The maximum Gasteiger partial charge on any atom is 0.353 e. The van der Waals surface area contributed by atoms with E-state index in [1.54, 1.807) is 0 Å². The topological polar surface area (TPSA) is 129 Å². The zero-order chi connectivity index (χ0) is 9.56. The van der Waals surface area contributed by atoms with E-state index in [1.165, 1.54) is 0 Å². The molecular formula is C4H9N5O2S. The van der Waals surface area contributed by atoms with Crippen LogP contribution in [0.25, 0.3) is 0 Å². The molecule has 0 aliphatic rings. The summed E-state index contributed by atoms with van der Waals surface area (Å²) < 4.78 is 0. The van der Waals surface area contributed by atoms with E-state index in [-0.39, 0.29) is 17.6 Å². The van der Waals surface area contributed by atoms with Gasteiger partial charge in [-0.3, -0.25) is 0 Å². The molecule has 7 nitrogen and oxygen atoms in total. The van der Waals surface area contributed by atoms with Crippen LogP contribution in [0.3, 0.4) is 0 Å². The lowest BCUT2D eigenvalue weighted by molar-refractivity contribution is -0.145. The molecule has 0 saturated heterocycles. The van der Waals surface area contributed by atoms with Gasteiger partial charge >= 0.3 is 5.97 Å². The van der Waals surface area contributed by atoms with Crippen LogP contribution in [0.2, 0.25) is 0 Å². The van der Waals surface area contributed by atoms with E-state index in [4.69, 9.17) is 17.2 Å². The van der Waals surface area contributed by atoms with E-state index >= 15 is 0 Å². The summed E-state index contributed by atoms with van der Waals surface area (Å²) in [6.07, 6.45) is 0. The lowest BCUT2D eigenvalue weighted by Crippen LogP contribution is -2.33. The predicted molar refractivity (Wildman–Crippen MR) is 46.7 cm³/mol. The Balaban J connectivity index is 3.61. The van der Waals surface area contributed by atoms with Crippen molar-refractivity contribution < 1.29 is 9.63 Å². The number of hydrogen-bond acceptors (Lipinski definition) is 4. The summed E-state index contributed by atoms with van der Waals surface area (Å²) in [6.45, 7) is -0.280. The minimum Gasteiger partial charge on any atom is -0.374 e. The summed E-state index contributed by atoms with van der Waals surface area (Å²) in [4.78, 5) is 18.3. The molecular weight excluding hydrogens is 182 g/mol. The van der Waals surface area contributed by atoms with E-state index in [0.29, 0.717) is 0 Å². The van der Waals surface area contributed by atoms with Crippen LogP contribution in [0.5, 0.6) is 0 Å². The molecule has 0 rings (SSSR count). The second-order valence-electron chi connectivity index (χ2n) is 1.68. The Morgan fingerprint density at radius 1 is 1.50 bits per heavy atom. The van der Waals surface area contributed by atoms with Crippen molar-refractivity contribution in [3.8, 4) is 0 Å². The highest BCUT2D eigenvalue weighted by molar-refractivity contribution is 7.80. The van der Waals surface area contributed by atoms with Crippen molar-refractivity contribution in [3.63, 3.8) is 0 Å². The largest absolute Gasteiger partial charge is 0.374 e. The van der Waals surface area contributed by atoms with Crippen LogP contribution in [0.1, 0.15) is 0 Å². The molecule has 0 radical (unpaired) electrons. The number of rotatable bonds is 2. The molecule has 0 unspecified atom stereocenters. The monoisotopic (exact) mass is 191 g/mol. The van der Waals surface area contributed by atoms with Gasteiger partial charge < -0.3 is 22.0 Å². The van der Waals surface area contributed by atoms with Gasteiger partial charge in [-0.2, -0.15) is 5.48 Å². The summed E-state index contributed by atoms with van der Waals surface area (Å²) in [6, 6.07) is 0. The van der Waals surface area contributed by atoms with Crippen molar-refractivity contribution in [2.45, 2.75) is 0 Å². The molecule has 0 saturated carbocycles. The van der Waals surface area contributed by atoms with Gasteiger partial charge in [-0.15, -0.1) is 0 Å². The van der Waals surface area contributed by atoms with E-state index in [2.05, 4.69) is 22.0 Å². The quantitative estimate of drug-likeness (QED) is 0.165. The molecule has 0 aliphatic carbocycles. The number of aliphatic imine (C=N–C) groups is 1. The maximum absolute atomic E-state index is 10.6. The van der Waals surface area contributed by atoms with Gasteiger partial charge in [0.25, 0.3) is 0 Å². The normalized spacial score (nSPS) is 8.33. The van der Waals surface area contributed by atoms with Crippen LogP contribution in [-0.4, -0.2) is 23.6 Å². The lowest BCUT2D eigenvalue weighted by atomic mass is 10.7. The number of thiocarbonyl (C=S) groups is 1. The summed E-state index contributed by atoms with van der Waals surface area (Å²) in [5.41, 5.74) is 16.8. The summed E-state index contributed by atoms with van der Waals surface area (Å²) in [5.74, 6) is -0.876. The van der Waals surface area contributed by atoms with Gasteiger partial charge in [0.2, 0.25) is 0 Å².